The minimum Gasteiger partial charge on any atom is -0.316 e. The molecule has 0 aliphatic carbocycles. The molecular formula is C15H20N4. The smallest absolute Gasteiger partial charge is 0.158 e. The largest absolute Gasteiger partial charge is 0.316 e. The molecule has 0 bridgehead atoms. The van der Waals surface area contributed by atoms with Gasteiger partial charge >= 0.3 is 0 Å². The lowest BCUT2D eigenvalue weighted by molar-refractivity contribution is 0.445. The number of aromatic nitrogens is 3. The molecule has 0 radical (unpaired) electrons. The second kappa shape index (κ2) is 5.13. The van der Waals surface area contributed by atoms with Crippen molar-refractivity contribution in [3.8, 4) is 11.4 Å². The molecule has 2 aromatic rings. The second-order valence-electron chi connectivity index (χ2n) is 5.33. The SMILES string of the molecule is Cc1cccc(-c2nc(C3CCCNC3)nn2C)c1. The van der Waals surface area contributed by atoms with Crippen LogP contribution in [0.25, 0.3) is 11.4 Å². The van der Waals surface area contributed by atoms with Gasteiger partial charge in [0.2, 0.25) is 0 Å². The Morgan fingerprint density at radius 3 is 3.00 bits per heavy atom. The van der Waals surface area contributed by atoms with Crippen LogP contribution in [0.2, 0.25) is 0 Å². The van der Waals surface area contributed by atoms with Crippen LogP contribution in [0.3, 0.4) is 0 Å². The molecule has 19 heavy (non-hydrogen) atoms. The van der Waals surface area contributed by atoms with E-state index < -0.39 is 0 Å². The highest BCUT2D eigenvalue weighted by Crippen LogP contribution is 2.24. The third-order valence-electron chi connectivity index (χ3n) is 3.72. The van der Waals surface area contributed by atoms with E-state index in [2.05, 4.69) is 41.6 Å². The first kappa shape index (κ1) is 12.4. The third kappa shape index (κ3) is 2.54. The number of nitrogens with one attached hydrogen (secondary N) is 1. The van der Waals surface area contributed by atoms with Crippen LogP contribution in [0.1, 0.15) is 30.1 Å². The first-order valence-corrected chi connectivity index (χ1v) is 6.93. The van der Waals surface area contributed by atoms with E-state index >= 15 is 0 Å². The highest BCUT2D eigenvalue weighted by Gasteiger charge is 2.21. The predicted molar refractivity (Wildman–Crippen MR) is 76.0 cm³/mol. The van der Waals surface area contributed by atoms with Gasteiger partial charge in [0.25, 0.3) is 0 Å². The predicted octanol–water partition coefficient (Wildman–Crippen LogP) is 2.26. The maximum Gasteiger partial charge on any atom is 0.158 e. The number of hydrogen-bond donors (Lipinski definition) is 1. The van der Waals surface area contributed by atoms with E-state index in [9.17, 15) is 0 Å². The van der Waals surface area contributed by atoms with Gasteiger partial charge in [0.05, 0.1) is 0 Å². The molecule has 1 aliphatic heterocycles. The van der Waals surface area contributed by atoms with Gasteiger partial charge in [0.15, 0.2) is 11.6 Å². The molecule has 100 valence electrons. The maximum atomic E-state index is 4.76. The monoisotopic (exact) mass is 256 g/mol. The van der Waals surface area contributed by atoms with Crippen molar-refractivity contribution in [2.45, 2.75) is 25.7 Å². The minimum absolute atomic E-state index is 0.457. The lowest BCUT2D eigenvalue weighted by atomic mass is 9.99. The molecule has 4 heteroatoms. The highest BCUT2D eigenvalue weighted by molar-refractivity contribution is 5.56. The van der Waals surface area contributed by atoms with Crippen LogP contribution >= 0.6 is 0 Å². The summed E-state index contributed by atoms with van der Waals surface area (Å²) in [6.45, 7) is 4.22. The van der Waals surface area contributed by atoms with E-state index in [-0.39, 0.29) is 0 Å². The van der Waals surface area contributed by atoms with E-state index in [0.717, 1.165) is 30.3 Å². The van der Waals surface area contributed by atoms with E-state index in [4.69, 9.17) is 4.98 Å². The first-order valence-electron chi connectivity index (χ1n) is 6.93. The first-order chi connectivity index (χ1) is 9.24. The summed E-state index contributed by atoms with van der Waals surface area (Å²) in [5, 5.41) is 8.03. The molecule has 1 aliphatic rings. The molecule has 3 rings (SSSR count). The van der Waals surface area contributed by atoms with Crippen molar-refractivity contribution >= 4 is 0 Å². The number of hydrogen-bond acceptors (Lipinski definition) is 3. The molecule has 1 fully saturated rings. The minimum atomic E-state index is 0.457. The molecule has 1 unspecified atom stereocenters. The quantitative estimate of drug-likeness (QED) is 0.896. The summed E-state index contributed by atoms with van der Waals surface area (Å²) in [6.07, 6.45) is 2.40. The Kier molecular flexibility index (Phi) is 3.34. The van der Waals surface area contributed by atoms with Gasteiger partial charge in [0.1, 0.15) is 0 Å². The fourth-order valence-electron chi connectivity index (χ4n) is 2.68. The Morgan fingerprint density at radius 1 is 1.37 bits per heavy atom. The number of nitrogens with zero attached hydrogens (tertiary/aromatic N) is 3. The molecule has 1 N–H and O–H groups in total. The van der Waals surface area contributed by atoms with Crippen LogP contribution in [0, 0.1) is 6.92 Å². The zero-order valence-electron chi connectivity index (χ0n) is 11.6. The molecular weight excluding hydrogens is 236 g/mol. The van der Waals surface area contributed by atoms with E-state index in [0.29, 0.717) is 5.92 Å². The summed E-state index contributed by atoms with van der Waals surface area (Å²) < 4.78 is 1.90. The normalized spacial score (nSPS) is 19.6. The van der Waals surface area contributed by atoms with Gasteiger partial charge < -0.3 is 5.32 Å². The average molecular weight is 256 g/mol. The van der Waals surface area contributed by atoms with Crippen molar-refractivity contribution in [3.05, 3.63) is 35.7 Å². The summed E-state index contributed by atoms with van der Waals surface area (Å²) in [7, 11) is 1.98. The summed E-state index contributed by atoms with van der Waals surface area (Å²) in [5.74, 6) is 2.40. The second-order valence-corrected chi connectivity index (χ2v) is 5.33. The van der Waals surface area contributed by atoms with E-state index in [1.54, 1.807) is 0 Å². The lowest BCUT2D eigenvalue weighted by Crippen LogP contribution is -2.29. The molecule has 1 atom stereocenters. The number of piperidine rings is 1. The van der Waals surface area contributed by atoms with Crippen LogP contribution in [-0.2, 0) is 7.05 Å². The van der Waals surface area contributed by atoms with Crippen LogP contribution in [-0.4, -0.2) is 27.9 Å². The number of benzene rings is 1. The van der Waals surface area contributed by atoms with Crippen molar-refractivity contribution in [1.82, 2.24) is 20.1 Å². The fraction of sp³-hybridized carbons (Fsp3) is 0.467. The van der Waals surface area contributed by atoms with Gasteiger partial charge in [-0.25, -0.2) is 9.67 Å². The molecule has 2 heterocycles. The fourth-order valence-corrected chi connectivity index (χ4v) is 2.68. The molecule has 0 amide bonds. The van der Waals surface area contributed by atoms with Gasteiger partial charge in [0, 0.05) is 25.1 Å². The molecule has 0 saturated carbocycles. The zero-order chi connectivity index (χ0) is 13.2. The standard InChI is InChI=1S/C15H20N4/c1-11-5-3-6-12(9-11)15-17-14(18-19(15)2)13-7-4-8-16-10-13/h3,5-6,9,13,16H,4,7-8,10H2,1-2H3. The number of rotatable bonds is 2. The third-order valence-corrected chi connectivity index (χ3v) is 3.72. The molecule has 0 spiro atoms. The molecule has 1 aromatic carbocycles. The topological polar surface area (TPSA) is 42.7 Å². The van der Waals surface area contributed by atoms with Crippen LogP contribution in [0.15, 0.2) is 24.3 Å². The van der Waals surface area contributed by atoms with Crippen LogP contribution < -0.4 is 5.32 Å². The maximum absolute atomic E-state index is 4.76. The van der Waals surface area contributed by atoms with Gasteiger partial charge in [-0.3, -0.25) is 0 Å². The molecule has 4 nitrogen and oxygen atoms in total. The average Bonchev–Trinajstić information content (AvgIpc) is 2.82. The van der Waals surface area contributed by atoms with Gasteiger partial charge in [-0.2, -0.15) is 5.10 Å². The summed E-state index contributed by atoms with van der Waals surface area (Å²) >= 11 is 0. The molecule has 1 aromatic heterocycles. The van der Waals surface area contributed by atoms with Gasteiger partial charge in [-0.1, -0.05) is 23.8 Å². The molecule has 1 saturated heterocycles. The van der Waals surface area contributed by atoms with E-state index in [1.165, 1.54) is 18.4 Å². The van der Waals surface area contributed by atoms with Gasteiger partial charge in [-0.05, 0) is 32.4 Å². The Morgan fingerprint density at radius 2 is 2.26 bits per heavy atom. The summed E-state index contributed by atoms with van der Waals surface area (Å²) in [4.78, 5) is 4.76. The van der Waals surface area contributed by atoms with Crippen molar-refractivity contribution < 1.29 is 0 Å². The number of aryl methyl sites for hydroxylation is 2. The van der Waals surface area contributed by atoms with Crippen LogP contribution in [0.4, 0.5) is 0 Å². The Labute approximate surface area is 113 Å². The zero-order valence-corrected chi connectivity index (χ0v) is 11.6. The van der Waals surface area contributed by atoms with Crippen molar-refractivity contribution in [3.63, 3.8) is 0 Å². The van der Waals surface area contributed by atoms with E-state index in [1.807, 2.05) is 11.7 Å². The highest BCUT2D eigenvalue weighted by atomic mass is 15.3. The lowest BCUT2D eigenvalue weighted by Gasteiger charge is -2.19. The Bertz CT molecular complexity index is 567. The summed E-state index contributed by atoms with van der Waals surface area (Å²) in [6, 6.07) is 8.43. The Hall–Kier alpha value is -1.68. The van der Waals surface area contributed by atoms with Gasteiger partial charge in [-0.15, -0.1) is 0 Å². The van der Waals surface area contributed by atoms with Crippen molar-refractivity contribution in [2.75, 3.05) is 13.1 Å². The van der Waals surface area contributed by atoms with Crippen molar-refractivity contribution in [1.29, 1.82) is 0 Å². The summed E-state index contributed by atoms with van der Waals surface area (Å²) in [5.41, 5.74) is 2.39. The Balaban J connectivity index is 1.92. The van der Waals surface area contributed by atoms with Crippen LogP contribution in [0.5, 0.6) is 0 Å². The van der Waals surface area contributed by atoms with Crippen molar-refractivity contribution in [2.24, 2.45) is 7.05 Å².